The molecule has 3 aromatic rings. The summed E-state index contributed by atoms with van der Waals surface area (Å²) in [6.45, 7) is 0. The fourth-order valence-electron chi connectivity index (χ4n) is 3.81. The van der Waals surface area contributed by atoms with E-state index in [0.29, 0.717) is 25.8 Å². The Bertz CT molecular complexity index is 1130. The molecule has 0 aromatic heterocycles. The topological polar surface area (TPSA) is 24.8 Å². The van der Waals surface area contributed by atoms with Gasteiger partial charge in [-0.15, -0.1) is 0 Å². The Morgan fingerprint density at radius 3 is 2.41 bits per heavy atom. The number of hydrogen-bond donors (Lipinski definition) is 0. The number of hydrazone groups is 1. The van der Waals surface area contributed by atoms with E-state index >= 15 is 0 Å². The van der Waals surface area contributed by atoms with Gasteiger partial charge in [0, 0.05) is 22.6 Å². The monoisotopic (exact) mass is 462 g/mol. The highest BCUT2D eigenvalue weighted by Gasteiger charge is 2.42. The van der Waals surface area contributed by atoms with Gasteiger partial charge in [0.1, 0.15) is 5.75 Å². The van der Waals surface area contributed by atoms with Crippen LogP contribution in [0, 0.1) is 0 Å². The molecule has 2 heterocycles. The molecule has 0 N–H and O–H groups in total. The Hall–Kier alpha value is -1.91. The molecule has 0 amide bonds. The smallest absolute Gasteiger partial charge is 0.214 e. The van der Waals surface area contributed by atoms with Crippen LogP contribution in [0.3, 0.4) is 0 Å². The molecule has 0 fully saturated rings. The van der Waals surface area contributed by atoms with Gasteiger partial charge < -0.3 is 4.74 Å². The standard InChI is InChI=1S/C22H14Cl4N2O/c23-14-9-15-20-11-19(12-4-2-1-3-5-12)27-28(20)22(29-21(15)18(26)10-14)13-6-7-16(24)17(25)8-13/h1-10,20,22H,11H2/t20-,22-/m0/s1. The Morgan fingerprint density at radius 1 is 0.862 bits per heavy atom. The molecule has 2 aliphatic rings. The average molecular weight is 464 g/mol. The molecule has 0 saturated carbocycles. The third kappa shape index (κ3) is 3.36. The fourth-order valence-corrected chi connectivity index (χ4v) is 4.67. The van der Waals surface area contributed by atoms with Gasteiger partial charge in [0.2, 0.25) is 6.23 Å². The van der Waals surface area contributed by atoms with Crippen LogP contribution in [0.2, 0.25) is 20.1 Å². The first kappa shape index (κ1) is 19.1. The van der Waals surface area contributed by atoms with E-state index in [9.17, 15) is 0 Å². The van der Waals surface area contributed by atoms with Crippen molar-refractivity contribution in [3.05, 3.63) is 97.4 Å². The summed E-state index contributed by atoms with van der Waals surface area (Å²) in [5.74, 6) is 0.623. The number of halogens is 4. The maximum Gasteiger partial charge on any atom is 0.214 e. The van der Waals surface area contributed by atoms with Gasteiger partial charge in [-0.3, -0.25) is 0 Å². The summed E-state index contributed by atoms with van der Waals surface area (Å²) in [6, 6.07) is 19.1. The minimum absolute atomic E-state index is 0.0513. The molecular formula is C22H14Cl4N2O. The van der Waals surface area contributed by atoms with Crippen LogP contribution < -0.4 is 4.74 Å². The van der Waals surface area contributed by atoms with Crippen LogP contribution in [0.15, 0.2) is 65.8 Å². The van der Waals surface area contributed by atoms with Crippen molar-refractivity contribution in [3.8, 4) is 5.75 Å². The van der Waals surface area contributed by atoms with Gasteiger partial charge >= 0.3 is 0 Å². The molecule has 0 bridgehead atoms. The molecule has 0 spiro atoms. The predicted molar refractivity (Wildman–Crippen MR) is 118 cm³/mol. The number of ether oxygens (including phenoxy) is 1. The van der Waals surface area contributed by atoms with Crippen LogP contribution in [0.5, 0.6) is 5.75 Å². The summed E-state index contributed by atoms with van der Waals surface area (Å²) in [5, 5.41) is 8.86. The fraction of sp³-hybridized carbons (Fsp3) is 0.136. The summed E-state index contributed by atoms with van der Waals surface area (Å²) in [4.78, 5) is 0. The predicted octanol–water partition coefficient (Wildman–Crippen LogP) is 7.54. The van der Waals surface area contributed by atoms with E-state index < -0.39 is 6.23 Å². The molecule has 7 heteroatoms. The minimum atomic E-state index is -0.484. The molecule has 0 aliphatic carbocycles. The van der Waals surface area contributed by atoms with Gasteiger partial charge in [-0.2, -0.15) is 5.10 Å². The number of hydrogen-bond acceptors (Lipinski definition) is 3. The number of fused-ring (bicyclic) bond motifs is 3. The molecule has 2 aliphatic heterocycles. The molecule has 5 rings (SSSR count). The lowest BCUT2D eigenvalue weighted by atomic mass is 9.96. The second kappa shape index (κ2) is 7.41. The van der Waals surface area contributed by atoms with Crippen molar-refractivity contribution >= 4 is 52.1 Å². The highest BCUT2D eigenvalue weighted by atomic mass is 35.5. The molecule has 2 atom stereocenters. The lowest BCUT2D eigenvalue weighted by Crippen LogP contribution is -2.33. The molecule has 146 valence electrons. The molecule has 29 heavy (non-hydrogen) atoms. The Balaban J connectivity index is 1.65. The molecule has 0 radical (unpaired) electrons. The summed E-state index contributed by atoms with van der Waals surface area (Å²) in [5.41, 5.74) is 3.82. The zero-order chi connectivity index (χ0) is 20.1. The van der Waals surface area contributed by atoms with Gasteiger partial charge in [0.15, 0.2) is 0 Å². The van der Waals surface area contributed by atoms with Gasteiger partial charge in [-0.1, -0.05) is 82.8 Å². The van der Waals surface area contributed by atoms with Crippen LogP contribution >= 0.6 is 46.4 Å². The zero-order valence-electron chi connectivity index (χ0n) is 14.9. The normalized spacial score (nSPS) is 20.0. The van der Waals surface area contributed by atoms with Crippen LogP contribution in [-0.2, 0) is 0 Å². The molecular weight excluding hydrogens is 450 g/mol. The molecule has 0 saturated heterocycles. The van der Waals surface area contributed by atoms with Gasteiger partial charge in [-0.25, -0.2) is 5.01 Å². The Labute approximate surface area is 188 Å². The van der Waals surface area contributed by atoms with Crippen molar-refractivity contribution < 1.29 is 4.74 Å². The molecule has 0 unspecified atom stereocenters. The third-order valence-corrected chi connectivity index (χ3v) is 6.38. The van der Waals surface area contributed by atoms with E-state index in [0.717, 1.165) is 28.8 Å². The van der Waals surface area contributed by atoms with Crippen molar-refractivity contribution in [2.75, 3.05) is 0 Å². The van der Waals surface area contributed by atoms with Crippen molar-refractivity contribution in [1.82, 2.24) is 5.01 Å². The molecule has 3 nitrogen and oxygen atoms in total. The number of nitrogens with zero attached hydrogens (tertiary/aromatic N) is 2. The SMILES string of the molecule is Clc1cc(Cl)c2c(c1)[C@@H]1CC(c3ccccc3)=NN1[C@H](c1ccc(Cl)c(Cl)c1)O2. The van der Waals surface area contributed by atoms with E-state index in [1.807, 2.05) is 35.3 Å². The number of rotatable bonds is 2. The maximum absolute atomic E-state index is 6.49. The lowest BCUT2D eigenvalue weighted by molar-refractivity contribution is -0.0189. The van der Waals surface area contributed by atoms with Gasteiger partial charge in [0.05, 0.1) is 26.8 Å². The van der Waals surface area contributed by atoms with Gasteiger partial charge in [0.25, 0.3) is 0 Å². The van der Waals surface area contributed by atoms with E-state index in [1.54, 1.807) is 18.2 Å². The largest absolute Gasteiger partial charge is 0.463 e. The van der Waals surface area contributed by atoms with Crippen LogP contribution in [0.25, 0.3) is 0 Å². The minimum Gasteiger partial charge on any atom is -0.463 e. The molecule has 3 aromatic carbocycles. The van der Waals surface area contributed by atoms with Crippen molar-refractivity contribution in [1.29, 1.82) is 0 Å². The van der Waals surface area contributed by atoms with Crippen LogP contribution in [-0.4, -0.2) is 10.7 Å². The van der Waals surface area contributed by atoms with Crippen LogP contribution in [0.4, 0.5) is 0 Å². The highest BCUT2D eigenvalue weighted by molar-refractivity contribution is 6.42. The quantitative estimate of drug-likeness (QED) is 0.392. The van der Waals surface area contributed by atoms with Crippen molar-refractivity contribution in [2.24, 2.45) is 5.10 Å². The highest BCUT2D eigenvalue weighted by Crippen LogP contribution is 2.51. The van der Waals surface area contributed by atoms with Gasteiger partial charge in [-0.05, 0) is 29.8 Å². The first-order chi connectivity index (χ1) is 14.0. The first-order valence-electron chi connectivity index (χ1n) is 9.03. The second-order valence-electron chi connectivity index (χ2n) is 6.96. The van der Waals surface area contributed by atoms with Crippen LogP contribution in [0.1, 0.15) is 35.4 Å². The Morgan fingerprint density at radius 2 is 1.66 bits per heavy atom. The van der Waals surface area contributed by atoms with E-state index in [1.165, 1.54) is 0 Å². The zero-order valence-corrected chi connectivity index (χ0v) is 18.0. The number of benzene rings is 3. The maximum atomic E-state index is 6.49. The summed E-state index contributed by atoms with van der Waals surface area (Å²) in [6.07, 6.45) is 0.233. The lowest BCUT2D eigenvalue weighted by Gasteiger charge is -2.38. The van der Waals surface area contributed by atoms with E-state index in [2.05, 4.69) is 12.1 Å². The summed E-state index contributed by atoms with van der Waals surface area (Å²) in [7, 11) is 0. The third-order valence-electron chi connectivity index (χ3n) is 5.14. The summed E-state index contributed by atoms with van der Waals surface area (Å²) >= 11 is 25.2. The van der Waals surface area contributed by atoms with E-state index in [-0.39, 0.29) is 6.04 Å². The average Bonchev–Trinajstić information content (AvgIpc) is 3.16. The second-order valence-corrected chi connectivity index (χ2v) is 8.62. The van der Waals surface area contributed by atoms with E-state index in [4.69, 9.17) is 56.2 Å². The van der Waals surface area contributed by atoms with Crippen molar-refractivity contribution in [3.63, 3.8) is 0 Å². The Kier molecular flexibility index (Phi) is 4.87. The first-order valence-corrected chi connectivity index (χ1v) is 10.5. The van der Waals surface area contributed by atoms with Crippen molar-refractivity contribution in [2.45, 2.75) is 18.7 Å². The summed E-state index contributed by atoms with van der Waals surface area (Å²) < 4.78 is 6.32.